The maximum Gasteiger partial charge on any atom is 0.343 e. The number of esters is 1. The first-order chi connectivity index (χ1) is 15.3. The van der Waals surface area contributed by atoms with Crippen LogP contribution in [0.25, 0.3) is 27.1 Å². The molecular weight excluding hydrogens is 665 g/mol. The third-order valence-electron chi connectivity index (χ3n) is 6.12. The molecule has 171 valence electrons. The Labute approximate surface area is 228 Å². The van der Waals surface area contributed by atoms with Crippen LogP contribution in [0, 0.1) is 55.7 Å². The summed E-state index contributed by atoms with van der Waals surface area (Å²) in [6.07, 6.45) is 4.14. The summed E-state index contributed by atoms with van der Waals surface area (Å²) >= 11 is 1.20. The van der Waals surface area contributed by atoms with Crippen molar-refractivity contribution in [3.8, 4) is 10.4 Å². The summed E-state index contributed by atoms with van der Waals surface area (Å²) in [5, 5.41) is 9.81. The molecule has 33 heavy (non-hydrogen) atoms. The molecule has 5 rings (SSSR count). The van der Waals surface area contributed by atoms with Crippen molar-refractivity contribution < 1.29 is 67.5 Å². The predicted octanol–water partition coefficient (Wildman–Crippen LogP) is 5.57. The molecule has 2 N–H and O–H groups in total. The fourth-order valence-corrected chi connectivity index (χ4v) is 5.70. The number of carbonyl (C=O) groups is 1. The van der Waals surface area contributed by atoms with E-state index in [9.17, 15) is 14.7 Å². The van der Waals surface area contributed by atoms with E-state index in [-0.39, 0.29) is 78.2 Å². The van der Waals surface area contributed by atoms with Crippen LogP contribution in [0.3, 0.4) is 0 Å². The van der Waals surface area contributed by atoms with Gasteiger partial charge in [0.15, 0.2) is 5.82 Å². The molecule has 0 saturated heterocycles. The maximum atomic E-state index is 15.9. The second-order valence-corrected chi connectivity index (χ2v) is 9.37. The molecule has 10 heteroatoms. The number of carbonyl (C=O) groups excluding carboxylic acids is 1. The Hall–Kier alpha value is -1.34. The first kappa shape index (κ1) is 24.8. The van der Waals surface area contributed by atoms with Gasteiger partial charge in [0.25, 0.3) is 0 Å². The van der Waals surface area contributed by atoms with Gasteiger partial charge in [0.2, 0.25) is 5.43 Å². The molecule has 1 fully saturated rings. The van der Waals surface area contributed by atoms with E-state index in [0.29, 0.717) is 12.0 Å². The molecule has 0 spiro atoms. The van der Waals surface area contributed by atoms with Gasteiger partial charge in [-0.25, -0.2) is 13.6 Å². The number of aliphatic hydroxyl groups is 1. The zero-order valence-corrected chi connectivity index (χ0v) is 23.5. The SMILES string of the molecule is CCOC(=O)c1cn(C2CC2)c2c(F)c(-c3cc4c(s3)CCCC4O)c(F)c([NH-])c2c1=O.[Ac]. The van der Waals surface area contributed by atoms with E-state index in [4.69, 9.17) is 10.5 Å². The maximum absolute atomic E-state index is 15.9. The summed E-state index contributed by atoms with van der Waals surface area (Å²) in [5.41, 5.74) is 6.51. The minimum Gasteiger partial charge on any atom is -0.696 e. The molecule has 2 aliphatic carbocycles. The molecule has 0 bridgehead atoms. The van der Waals surface area contributed by atoms with Gasteiger partial charge in [0.1, 0.15) is 11.4 Å². The topological polar surface area (TPSA) is 92.3 Å². The van der Waals surface area contributed by atoms with Crippen LogP contribution in [0.4, 0.5) is 14.5 Å². The van der Waals surface area contributed by atoms with Gasteiger partial charge in [0, 0.05) is 71.4 Å². The zero-order valence-electron chi connectivity index (χ0n) is 17.9. The van der Waals surface area contributed by atoms with Gasteiger partial charge >= 0.3 is 5.97 Å². The number of aliphatic hydroxyl groups excluding tert-OH is 1. The third-order valence-corrected chi connectivity index (χ3v) is 7.34. The first-order valence-electron chi connectivity index (χ1n) is 10.6. The molecule has 0 amide bonds. The fourth-order valence-electron chi connectivity index (χ4n) is 4.40. The molecule has 6 nitrogen and oxygen atoms in total. The molecule has 1 saturated carbocycles. The Kier molecular flexibility index (Phi) is 7.03. The Morgan fingerprint density at radius 1 is 1.30 bits per heavy atom. The number of fused-ring (bicyclic) bond motifs is 2. The molecule has 3 aromatic rings. The van der Waals surface area contributed by atoms with Gasteiger partial charge in [-0.1, -0.05) is 5.69 Å². The molecule has 1 atom stereocenters. The number of pyridine rings is 1. The summed E-state index contributed by atoms with van der Waals surface area (Å²) in [4.78, 5) is 26.5. The van der Waals surface area contributed by atoms with Crippen molar-refractivity contribution in [1.82, 2.24) is 4.57 Å². The van der Waals surface area contributed by atoms with Gasteiger partial charge in [-0.15, -0.1) is 11.3 Å². The van der Waals surface area contributed by atoms with Crippen LogP contribution in [0.2, 0.25) is 0 Å². The van der Waals surface area contributed by atoms with Crippen molar-refractivity contribution in [1.29, 1.82) is 0 Å². The van der Waals surface area contributed by atoms with Crippen molar-refractivity contribution >= 4 is 33.9 Å². The number of hydrogen-bond donors (Lipinski definition) is 1. The summed E-state index contributed by atoms with van der Waals surface area (Å²) in [6, 6.07) is 1.44. The van der Waals surface area contributed by atoms with Crippen molar-refractivity contribution in [2.24, 2.45) is 0 Å². The number of ether oxygens (including phenoxy) is 1. The quantitative estimate of drug-likeness (QED) is 0.364. The summed E-state index contributed by atoms with van der Waals surface area (Å²) < 4.78 is 37.7. The van der Waals surface area contributed by atoms with Crippen LogP contribution < -0.4 is 5.43 Å². The Morgan fingerprint density at radius 2 is 2.03 bits per heavy atom. The van der Waals surface area contributed by atoms with E-state index >= 15 is 8.78 Å². The summed E-state index contributed by atoms with van der Waals surface area (Å²) in [7, 11) is 0. The molecule has 0 aliphatic heterocycles. The van der Waals surface area contributed by atoms with Gasteiger partial charge in [-0.05, 0) is 50.7 Å². The molecule has 2 aromatic heterocycles. The van der Waals surface area contributed by atoms with Gasteiger partial charge in [-0.3, -0.25) is 4.79 Å². The molecule has 1 unspecified atom stereocenters. The number of thiophene rings is 1. The van der Waals surface area contributed by atoms with Crippen LogP contribution in [-0.4, -0.2) is 22.2 Å². The van der Waals surface area contributed by atoms with Crippen LogP contribution in [-0.2, 0) is 11.2 Å². The van der Waals surface area contributed by atoms with Crippen LogP contribution in [0.5, 0.6) is 0 Å². The standard InChI is InChI=1S/C23H22F2N2O4S.Ac/c1-2-31-23(30)12-9-27(10-6-7-10)21-17(22(12)29)20(26)18(24)16(19(21)25)15-8-11-13(28)4-3-5-14(11)32-15;/h8-10,13,28H,2-7H2,1H3,(H2,26,29);/p-1. The number of aromatic nitrogens is 1. The van der Waals surface area contributed by atoms with Crippen molar-refractivity contribution in [2.75, 3.05) is 6.61 Å². The second-order valence-electron chi connectivity index (χ2n) is 8.23. The van der Waals surface area contributed by atoms with Crippen molar-refractivity contribution in [3.63, 3.8) is 0 Å². The number of aryl methyl sites for hydroxylation is 1. The number of halogens is 2. The van der Waals surface area contributed by atoms with Crippen LogP contribution in [0.15, 0.2) is 17.1 Å². The largest absolute Gasteiger partial charge is 0.696 e. The monoisotopic (exact) mass is 686 g/mol. The molecule has 2 heterocycles. The minimum atomic E-state index is -1.15. The van der Waals surface area contributed by atoms with Crippen molar-refractivity contribution in [3.05, 3.63) is 55.9 Å². The molecule has 1 radical (unpaired) electrons. The summed E-state index contributed by atoms with van der Waals surface area (Å²) in [5.74, 6) is -2.96. The fraction of sp³-hybridized carbons (Fsp3) is 0.391. The average molecular weight is 686 g/mol. The summed E-state index contributed by atoms with van der Waals surface area (Å²) in [6.45, 7) is 1.64. The third kappa shape index (κ3) is 4.07. The average Bonchev–Trinajstić information content (AvgIpc) is 3.51. The number of benzene rings is 1. The predicted molar refractivity (Wildman–Crippen MR) is 118 cm³/mol. The Bertz CT molecular complexity index is 1330. The van der Waals surface area contributed by atoms with Crippen LogP contribution in [0.1, 0.15) is 65.6 Å². The molecular formula is C23H21AcF2N2O4S-. The zero-order chi connectivity index (χ0) is 22.7. The van der Waals surface area contributed by atoms with Gasteiger partial charge < -0.3 is 20.1 Å². The van der Waals surface area contributed by atoms with E-state index in [0.717, 1.165) is 30.6 Å². The number of hydrogen-bond acceptors (Lipinski definition) is 5. The second kappa shape index (κ2) is 9.37. The number of nitrogens with zero attached hydrogens (tertiary/aromatic N) is 1. The van der Waals surface area contributed by atoms with Crippen molar-refractivity contribution in [2.45, 2.75) is 51.2 Å². The normalized spacial score (nSPS) is 17.5. The Morgan fingerprint density at radius 3 is 2.67 bits per heavy atom. The van der Waals surface area contributed by atoms with Crippen LogP contribution >= 0.6 is 11.3 Å². The molecule has 2 aliphatic rings. The molecule has 1 aromatic carbocycles. The van der Waals surface area contributed by atoms with Gasteiger partial charge in [0.05, 0.1) is 23.8 Å². The van der Waals surface area contributed by atoms with E-state index in [1.54, 1.807) is 13.0 Å². The van der Waals surface area contributed by atoms with E-state index in [1.807, 2.05) is 0 Å². The van der Waals surface area contributed by atoms with E-state index in [2.05, 4.69) is 0 Å². The van der Waals surface area contributed by atoms with E-state index in [1.165, 1.54) is 22.1 Å². The minimum absolute atomic E-state index is 0. The van der Waals surface area contributed by atoms with E-state index < -0.39 is 40.2 Å². The van der Waals surface area contributed by atoms with Gasteiger partial charge in [-0.2, -0.15) is 0 Å². The number of nitrogens with one attached hydrogen (secondary N) is 1. The Balaban J connectivity index is 0.00000259. The number of rotatable bonds is 4. The smallest absolute Gasteiger partial charge is 0.343 e. The first-order valence-corrected chi connectivity index (χ1v) is 11.4.